The fourth-order valence-electron chi connectivity index (χ4n) is 2.13. The average molecular weight is 315 g/mol. The van der Waals surface area contributed by atoms with Crippen molar-refractivity contribution in [2.75, 3.05) is 25.5 Å². The minimum Gasteiger partial charge on any atom is -0.393 e. The molecule has 0 radical (unpaired) electrons. The number of anilines is 1. The number of hydrogen-bond donors (Lipinski definition) is 2. The fraction of sp³-hybridized carbons (Fsp3) is 0.500. The second-order valence-corrected chi connectivity index (χ2v) is 6.65. The zero-order valence-electron chi connectivity index (χ0n) is 11.3. The van der Waals surface area contributed by atoms with Crippen molar-refractivity contribution in [3.63, 3.8) is 0 Å². The summed E-state index contributed by atoms with van der Waals surface area (Å²) in [5.41, 5.74) is 5.03. The second-order valence-electron chi connectivity index (χ2n) is 4.89. The average Bonchev–Trinajstić information content (AvgIpc) is 2.46. The molecular formula is C12H17N3O5S. The van der Waals surface area contributed by atoms with E-state index in [0.29, 0.717) is 19.8 Å². The van der Waals surface area contributed by atoms with Crippen LogP contribution in [0.4, 0.5) is 11.4 Å². The predicted octanol–water partition coefficient (Wildman–Crippen LogP) is 0.882. The number of rotatable bonds is 5. The SMILES string of the molecule is Nc1cc(S(=O)(=O)NCC2CCOCC2)ccc1[N+](=O)[O-]. The molecule has 1 fully saturated rings. The summed E-state index contributed by atoms with van der Waals surface area (Å²) in [6.07, 6.45) is 1.62. The monoisotopic (exact) mass is 315 g/mol. The van der Waals surface area contributed by atoms with Gasteiger partial charge in [-0.05, 0) is 30.9 Å². The van der Waals surface area contributed by atoms with E-state index in [1.807, 2.05) is 0 Å². The molecule has 9 heteroatoms. The van der Waals surface area contributed by atoms with Crippen LogP contribution in [-0.4, -0.2) is 33.1 Å². The minimum atomic E-state index is -3.72. The van der Waals surface area contributed by atoms with E-state index in [4.69, 9.17) is 10.5 Å². The van der Waals surface area contributed by atoms with Gasteiger partial charge < -0.3 is 10.5 Å². The van der Waals surface area contributed by atoms with Crippen LogP contribution in [-0.2, 0) is 14.8 Å². The van der Waals surface area contributed by atoms with Gasteiger partial charge in [0.2, 0.25) is 10.0 Å². The zero-order chi connectivity index (χ0) is 15.5. The molecule has 8 nitrogen and oxygen atoms in total. The molecule has 0 unspecified atom stereocenters. The van der Waals surface area contributed by atoms with Gasteiger partial charge in [-0.1, -0.05) is 0 Å². The Morgan fingerprint density at radius 2 is 2.05 bits per heavy atom. The number of nitrogens with two attached hydrogens (primary N) is 1. The number of nitro benzene ring substituents is 1. The molecule has 1 heterocycles. The van der Waals surface area contributed by atoms with Crippen LogP contribution in [0.25, 0.3) is 0 Å². The highest BCUT2D eigenvalue weighted by Gasteiger charge is 2.21. The van der Waals surface area contributed by atoms with Gasteiger partial charge in [0.1, 0.15) is 5.69 Å². The number of benzene rings is 1. The van der Waals surface area contributed by atoms with Crippen LogP contribution >= 0.6 is 0 Å². The van der Waals surface area contributed by atoms with Gasteiger partial charge in [0.05, 0.1) is 9.82 Å². The molecule has 0 saturated carbocycles. The topological polar surface area (TPSA) is 125 Å². The minimum absolute atomic E-state index is 0.0716. The first-order valence-electron chi connectivity index (χ1n) is 6.51. The van der Waals surface area contributed by atoms with Gasteiger partial charge in [0.15, 0.2) is 0 Å². The maximum absolute atomic E-state index is 12.1. The summed E-state index contributed by atoms with van der Waals surface area (Å²) in [4.78, 5) is 9.94. The summed E-state index contributed by atoms with van der Waals surface area (Å²) in [6, 6.07) is 3.38. The van der Waals surface area contributed by atoms with Crippen LogP contribution in [0, 0.1) is 16.0 Å². The Balaban J connectivity index is 2.08. The highest BCUT2D eigenvalue weighted by molar-refractivity contribution is 7.89. The van der Waals surface area contributed by atoms with E-state index in [2.05, 4.69) is 4.72 Å². The van der Waals surface area contributed by atoms with Crippen LogP contribution in [0.2, 0.25) is 0 Å². The van der Waals surface area contributed by atoms with Crippen molar-refractivity contribution in [2.24, 2.45) is 5.92 Å². The number of hydrogen-bond acceptors (Lipinski definition) is 6. The molecule has 1 aliphatic rings. The summed E-state index contributed by atoms with van der Waals surface area (Å²) >= 11 is 0. The van der Waals surface area contributed by atoms with Crippen LogP contribution in [0.1, 0.15) is 12.8 Å². The molecule has 2 rings (SSSR count). The smallest absolute Gasteiger partial charge is 0.292 e. The third kappa shape index (κ3) is 3.90. The molecule has 3 N–H and O–H groups in total. The Morgan fingerprint density at radius 3 is 2.62 bits per heavy atom. The van der Waals surface area contributed by atoms with Crippen molar-refractivity contribution >= 4 is 21.4 Å². The van der Waals surface area contributed by atoms with E-state index < -0.39 is 14.9 Å². The number of nitrogen functional groups attached to an aromatic ring is 1. The quantitative estimate of drug-likeness (QED) is 0.472. The van der Waals surface area contributed by atoms with Crippen molar-refractivity contribution in [3.05, 3.63) is 28.3 Å². The third-order valence-corrected chi connectivity index (χ3v) is 4.83. The Kier molecular flexibility index (Phi) is 4.76. The molecule has 1 aromatic rings. The third-order valence-electron chi connectivity index (χ3n) is 3.41. The largest absolute Gasteiger partial charge is 0.393 e. The van der Waals surface area contributed by atoms with E-state index in [0.717, 1.165) is 25.0 Å². The molecule has 1 aromatic carbocycles. The fourth-order valence-corrected chi connectivity index (χ4v) is 3.28. The normalized spacial score (nSPS) is 16.8. The van der Waals surface area contributed by atoms with Crippen molar-refractivity contribution < 1.29 is 18.1 Å². The lowest BCUT2D eigenvalue weighted by Gasteiger charge is -2.22. The van der Waals surface area contributed by atoms with E-state index in [9.17, 15) is 18.5 Å². The van der Waals surface area contributed by atoms with Gasteiger partial charge in [-0.2, -0.15) is 0 Å². The maximum Gasteiger partial charge on any atom is 0.292 e. The molecule has 0 aromatic heterocycles. The zero-order valence-corrected chi connectivity index (χ0v) is 12.1. The molecule has 0 spiro atoms. The van der Waals surface area contributed by atoms with Crippen molar-refractivity contribution in [2.45, 2.75) is 17.7 Å². The standard InChI is InChI=1S/C12H17N3O5S/c13-11-7-10(1-2-12(11)15(16)17)21(18,19)14-8-9-3-5-20-6-4-9/h1-2,7,9,14H,3-6,8,13H2. The van der Waals surface area contributed by atoms with Gasteiger partial charge in [-0.15, -0.1) is 0 Å². The summed E-state index contributed by atoms with van der Waals surface area (Å²) in [7, 11) is -3.72. The summed E-state index contributed by atoms with van der Waals surface area (Å²) in [5, 5.41) is 10.7. The van der Waals surface area contributed by atoms with Crippen molar-refractivity contribution in [3.8, 4) is 0 Å². The Morgan fingerprint density at radius 1 is 1.38 bits per heavy atom. The molecule has 0 aliphatic carbocycles. The van der Waals surface area contributed by atoms with Crippen molar-refractivity contribution in [1.29, 1.82) is 0 Å². The second kappa shape index (κ2) is 6.37. The molecule has 116 valence electrons. The van der Waals surface area contributed by atoms with Gasteiger partial charge in [0.25, 0.3) is 5.69 Å². The highest BCUT2D eigenvalue weighted by atomic mass is 32.2. The maximum atomic E-state index is 12.1. The predicted molar refractivity (Wildman–Crippen MR) is 76.2 cm³/mol. The van der Waals surface area contributed by atoms with E-state index in [1.54, 1.807) is 0 Å². The molecule has 0 atom stereocenters. The lowest BCUT2D eigenvalue weighted by molar-refractivity contribution is -0.383. The summed E-state index contributed by atoms with van der Waals surface area (Å²) in [6.45, 7) is 1.59. The van der Waals surface area contributed by atoms with Crippen LogP contribution < -0.4 is 10.5 Å². The van der Waals surface area contributed by atoms with E-state index in [-0.39, 0.29) is 22.2 Å². The first-order valence-corrected chi connectivity index (χ1v) is 8.00. The molecule has 0 bridgehead atoms. The molecular weight excluding hydrogens is 298 g/mol. The Labute approximate surface area is 122 Å². The number of nitrogens with zero attached hydrogens (tertiary/aromatic N) is 1. The number of ether oxygens (including phenoxy) is 1. The lowest BCUT2D eigenvalue weighted by Crippen LogP contribution is -2.32. The molecule has 1 aliphatic heterocycles. The van der Waals surface area contributed by atoms with E-state index in [1.165, 1.54) is 6.07 Å². The van der Waals surface area contributed by atoms with Crippen LogP contribution in [0.3, 0.4) is 0 Å². The highest BCUT2D eigenvalue weighted by Crippen LogP contribution is 2.24. The van der Waals surface area contributed by atoms with Gasteiger partial charge >= 0.3 is 0 Å². The molecule has 1 saturated heterocycles. The Hall–Kier alpha value is -1.71. The summed E-state index contributed by atoms with van der Waals surface area (Å²) < 4.78 is 32.0. The Bertz CT molecular complexity index is 626. The number of nitrogens with one attached hydrogen (secondary N) is 1. The van der Waals surface area contributed by atoms with Crippen LogP contribution in [0.5, 0.6) is 0 Å². The van der Waals surface area contributed by atoms with Gasteiger partial charge in [-0.25, -0.2) is 13.1 Å². The van der Waals surface area contributed by atoms with E-state index >= 15 is 0 Å². The molecule has 21 heavy (non-hydrogen) atoms. The van der Waals surface area contributed by atoms with Crippen LogP contribution in [0.15, 0.2) is 23.1 Å². The van der Waals surface area contributed by atoms with Gasteiger partial charge in [0, 0.05) is 25.8 Å². The molecule has 0 amide bonds. The summed E-state index contributed by atoms with van der Waals surface area (Å²) in [5.74, 6) is 0.240. The van der Waals surface area contributed by atoms with Gasteiger partial charge in [-0.3, -0.25) is 10.1 Å². The first-order chi connectivity index (χ1) is 9.90. The number of sulfonamides is 1. The first kappa shape index (κ1) is 15.7. The van der Waals surface area contributed by atoms with Crippen molar-refractivity contribution in [1.82, 2.24) is 4.72 Å². The lowest BCUT2D eigenvalue weighted by atomic mass is 10.0. The number of nitro groups is 1.